The summed E-state index contributed by atoms with van der Waals surface area (Å²) in [7, 11) is 0. The van der Waals surface area contributed by atoms with Crippen LogP contribution in [-0.4, -0.2) is 60.1 Å². The summed E-state index contributed by atoms with van der Waals surface area (Å²) in [4.78, 5) is 29.1. The van der Waals surface area contributed by atoms with Gasteiger partial charge in [-0.3, -0.25) is 4.79 Å². The fourth-order valence-electron chi connectivity index (χ4n) is 5.75. The molecule has 32 heavy (non-hydrogen) atoms. The SMILES string of the molecule is CC(C)(C)OC(=O)N1CCC(CN2CCC(c3ccc4c(c3)C3(CC3)C(=O)N4)CC2)CC1. The van der Waals surface area contributed by atoms with Crippen molar-refractivity contribution in [1.82, 2.24) is 9.80 Å². The van der Waals surface area contributed by atoms with Crippen LogP contribution in [0.15, 0.2) is 18.2 Å². The number of ether oxygens (including phenoxy) is 1. The first-order chi connectivity index (χ1) is 15.2. The third-order valence-corrected chi connectivity index (χ3v) is 7.83. The summed E-state index contributed by atoms with van der Waals surface area (Å²) in [5.41, 5.74) is 3.07. The number of hydrogen-bond donors (Lipinski definition) is 1. The third-order valence-electron chi connectivity index (χ3n) is 7.83. The van der Waals surface area contributed by atoms with Crippen molar-refractivity contribution in [1.29, 1.82) is 0 Å². The maximum Gasteiger partial charge on any atom is 0.410 e. The number of nitrogens with zero attached hydrogens (tertiary/aromatic N) is 2. The van der Waals surface area contributed by atoms with Crippen molar-refractivity contribution in [2.24, 2.45) is 5.92 Å². The zero-order valence-corrected chi connectivity index (χ0v) is 19.8. The zero-order chi connectivity index (χ0) is 22.5. The minimum atomic E-state index is -0.428. The molecule has 0 radical (unpaired) electrons. The molecule has 2 amide bonds. The van der Waals surface area contributed by atoms with Crippen molar-refractivity contribution in [3.05, 3.63) is 29.3 Å². The average Bonchev–Trinajstić information content (AvgIpc) is 3.51. The van der Waals surface area contributed by atoms with Crippen LogP contribution in [0.3, 0.4) is 0 Å². The van der Waals surface area contributed by atoms with E-state index in [4.69, 9.17) is 4.74 Å². The van der Waals surface area contributed by atoms with Gasteiger partial charge in [-0.25, -0.2) is 4.79 Å². The molecular weight excluding hydrogens is 402 g/mol. The molecule has 6 nitrogen and oxygen atoms in total. The summed E-state index contributed by atoms with van der Waals surface area (Å²) in [5, 5.41) is 3.07. The van der Waals surface area contributed by atoms with E-state index in [1.807, 2.05) is 25.7 Å². The molecule has 3 fully saturated rings. The molecule has 1 aliphatic carbocycles. The number of carbonyl (C=O) groups is 2. The molecule has 6 heteroatoms. The number of likely N-dealkylation sites (tertiary alicyclic amines) is 2. The molecule has 1 spiro atoms. The lowest BCUT2D eigenvalue weighted by atomic mass is 9.85. The van der Waals surface area contributed by atoms with Crippen LogP contribution in [0.1, 0.15) is 76.3 Å². The van der Waals surface area contributed by atoms with Crippen LogP contribution in [0, 0.1) is 5.92 Å². The number of fused-ring (bicyclic) bond motifs is 2. The maximum absolute atomic E-state index is 12.3. The van der Waals surface area contributed by atoms with Crippen molar-refractivity contribution in [2.45, 2.75) is 76.2 Å². The van der Waals surface area contributed by atoms with Crippen LogP contribution >= 0.6 is 0 Å². The Hall–Kier alpha value is -2.08. The average molecular weight is 440 g/mol. The molecule has 0 bridgehead atoms. The lowest BCUT2D eigenvalue weighted by Gasteiger charge is -2.38. The van der Waals surface area contributed by atoms with E-state index < -0.39 is 5.60 Å². The Morgan fingerprint density at radius 3 is 2.41 bits per heavy atom. The first-order valence-corrected chi connectivity index (χ1v) is 12.4. The van der Waals surface area contributed by atoms with Gasteiger partial charge in [-0.15, -0.1) is 0 Å². The third kappa shape index (κ3) is 4.26. The summed E-state index contributed by atoms with van der Waals surface area (Å²) < 4.78 is 5.52. The number of rotatable bonds is 3. The van der Waals surface area contributed by atoms with Crippen molar-refractivity contribution in [3.63, 3.8) is 0 Å². The molecule has 2 saturated heterocycles. The second kappa shape index (κ2) is 8.05. The molecule has 174 valence electrons. The molecule has 3 heterocycles. The zero-order valence-electron chi connectivity index (χ0n) is 19.8. The first-order valence-electron chi connectivity index (χ1n) is 12.4. The van der Waals surface area contributed by atoms with E-state index in [1.165, 1.54) is 24.0 Å². The summed E-state index contributed by atoms with van der Waals surface area (Å²) in [5.74, 6) is 1.46. The van der Waals surface area contributed by atoms with E-state index in [1.54, 1.807) is 0 Å². The summed E-state index contributed by atoms with van der Waals surface area (Å²) in [6.45, 7) is 10.8. The lowest BCUT2D eigenvalue weighted by molar-refractivity contribution is -0.117. The maximum atomic E-state index is 12.3. The van der Waals surface area contributed by atoms with Gasteiger partial charge in [0.1, 0.15) is 5.60 Å². The molecule has 1 aromatic carbocycles. The van der Waals surface area contributed by atoms with E-state index in [9.17, 15) is 9.59 Å². The van der Waals surface area contributed by atoms with Crippen LogP contribution in [0.25, 0.3) is 0 Å². The van der Waals surface area contributed by atoms with Gasteiger partial charge in [0.15, 0.2) is 0 Å². The summed E-state index contributed by atoms with van der Waals surface area (Å²) in [6.07, 6.45) is 6.32. The predicted octanol–water partition coefficient (Wildman–Crippen LogP) is 4.50. The second-order valence-electron chi connectivity index (χ2n) is 11.3. The van der Waals surface area contributed by atoms with Crippen LogP contribution in [0.2, 0.25) is 0 Å². The molecule has 5 rings (SSSR count). The van der Waals surface area contributed by atoms with E-state index in [0.29, 0.717) is 11.8 Å². The number of anilines is 1. The molecule has 1 saturated carbocycles. The smallest absolute Gasteiger partial charge is 0.410 e. The van der Waals surface area contributed by atoms with Gasteiger partial charge >= 0.3 is 6.09 Å². The van der Waals surface area contributed by atoms with Crippen LogP contribution in [0.5, 0.6) is 0 Å². The van der Waals surface area contributed by atoms with Gasteiger partial charge in [0, 0.05) is 25.3 Å². The topological polar surface area (TPSA) is 61.9 Å². The number of nitrogens with one attached hydrogen (secondary N) is 1. The second-order valence-corrected chi connectivity index (χ2v) is 11.3. The summed E-state index contributed by atoms with van der Waals surface area (Å²) >= 11 is 0. The normalized spacial score (nSPS) is 23.8. The Morgan fingerprint density at radius 1 is 1.09 bits per heavy atom. The van der Waals surface area contributed by atoms with Crippen molar-refractivity contribution in [3.8, 4) is 0 Å². The fraction of sp³-hybridized carbons (Fsp3) is 0.692. The first kappa shape index (κ1) is 21.7. The van der Waals surface area contributed by atoms with Crippen LogP contribution < -0.4 is 5.32 Å². The number of carbonyl (C=O) groups excluding carboxylic acids is 2. The Bertz CT molecular complexity index is 886. The number of hydrogen-bond acceptors (Lipinski definition) is 4. The minimum Gasteiger partial charge on any atom is -0.444 e. The van der Waals surface area contributed by atoms with E-state index in [0.717, 1.165) is 64.1 Å². The van der Waals surface area contributed by atoms with Gasteiger partial charge in [-0.05, 0) is 101 Å². The minimum absolute atomic E-state index is 0.170. The number of amides is 2. The standard InChI is InChI=1S/C26H37N3O3/c1-25(2,3)32-24(31)29-14-6-18(7-15-29)17-28-12-8-19(9-13-28)20-4-5-22-21(16-20)26(10-11-26)23(30)27-22/h4-5,16,18-19H,6-15,17H2,1-3H3,(H,27,30). The fourth-order valence-corrected chi connectivity index (χ4v) is 5.75. The number of piperidine rings is 2. The van der Waals surface area contributed by atoms with Crippen molar-refractivity contribution < 1.29 is 14.3 Å². The highest BCUT2D eigenvalue weighted by Gasteiger charge is 2.56. The van der Waals surface area contributed by atoms with Crippen LogP contribution in [0.4, 0.5) is 10.5 Å². The highest BCUT2D eigenvalue weighted by Crippen LogP contribution is 2.55. The van der Waals surface area contributed by atoms with E-state index in [-0.39, 0.29) is 17.4 Å². The molecule has 1 aromatic rings. The molecule has 0 atom stereocenters. The van der Waals surface area contributed by atoms with Gasteiger partial charge in [0.2, 0.25) is 5.91 Å². The Labute approximate surface area is 191 Å². The van der Waals surface area contributed by atoms with Gasteiger partial charge < -0.3 is 19.9 Å². The number of benzene rings is 1. The van der Waals surface area contributed by atoms with Gasteiger partial charge in [-0.1, -0.05) is 12.1 Å². The molecule has 3 aliphatic heterocycles. The van der Waals surface area contributed by atoms with E-state index in [2.05, 4.69) is 28.4 Å². The Morgan fingerprint density at radius 2 is 1.78 bits per heavy atom. The highest BCUT2D eigenvalue weighted by molar-refractivity contribution is 6.08. The monoisotopic (exact) mass is 439 g/mol. The van der Waals surface area contributed by atoms with Crippen molar-refractivity contribution in [2.75, 3.05) is 38.0 Å². The van der Waals surface area contributed by atoms with Crippen molar-refractivity contribution >= 4 is 17.7 Å². The van der Waals surface area contributed by atoms with Crippen LogP contribution in [-0.2, 0) is 14.9 Å². The molecule has 0 aromatic heterocycles. The molecule has 1 N–H and O–H groups in total. The summed E-state index contributed by atoms with van der Waals surface area (Å²) in [6, 6.07) is 6.68. The largest absolute Gasteiger partial charge is 0.444 e. The lowest BCUT2D eigenvalue weighted by Crippen LogP contribution is -2.44. The molecule has 0 unspecified atom stereocenters. The molecular formula is C26H37N3O3. The Balaban J connectivity index is 1.09. The van der Waals surface area contributed by atoms with Gasteiger partial charge in [0.25, 0.3) is 0 Å². The highest BCUT2D eigenvalue weighted by atomic mass is 16.6. The quantitative estimate of drug-likeness (QED) is 0.753. The van der Waals surface area contributed by atoms with Gasteiger partial charge in [-0.2, -0.15) is 0 Å². The van der Waals surface area contributed by atoms with Gasteiger partial charge in [0.05, 0.1) is 5.41 Å². The van der Waals surface area contributed by atoms with E-state index >= 15 is 0 Å². The predicted molar refractivity (Wildman–Crippen MR) is 125 cm³/mol. The Kier molecular flexibility index (Phi) is 5.47. The molecule has 4 aliphatic rings.